The van der Waals surface area contributed by atoms with Gasteiger partial charge in [0.05, 0.1) is 21.6 Å². The molecule has 7 heteroatoms. The predicted octanol–water partition coefficient (Wildman–Crippen LogP) is 4.54. The number of nitrogens with zero attached hydrogens (tertiary/aromatic N) is 1. The Morgan fingerprint density at radius 3 is 2.67 bits per heavy atom. The number of rotatable bonds is 5. The van der Waals surface area contributed by atoms with Gasteiger partial charge in [-0.2, -0.15) is 0 Å². The van der Waals surface area contributed by atoms with Crippen molar-refractivity contribution in [2.75, 3.05) is 5.32 Å². The first-order chi connectivity index (χ1) is 13.2. The maximum absolute atomic E-state index is 12.5. The van der Waals surface area contributed by atoms with Crippen molar-refractivity contribution in [3.05, 3.63) is 81.5 Å². The van der Waals surface area contributed by atoms with E-state index < -0.39 is 0 Å². The summed E-state index contributed by atoms with van der Waals surface area (Å²) in [5, 5.41) is 8.40. The smallest absolute Gasteiger partial charge is 0.265 e. The van der Waals surface area contributed by atoms with Crippen LogP contribution in [0.25, 0.3) is 10.2 Å². The zero-order valence-corrected chi connectivity index (χ0v) is 15.8. The normalized spacial score (nSPS) is 10.7. The highest BCUT2D eigenvalue weighted by Gasteiger charge is 2.11. The van der Waals surface area contributed by atoms with E-state index in [1.54, 1.807) is 41.7 Å². The summed E-state index contributed by atoms with van der Waals surface area (Å²) in [5.74, 6) is -0.390. The molecule has 5 nitrogen and oxygen atoms in total. The largest absolute Gasteiger partial charge is 0.346 e. The molecule has 4 rings (SSSR count). The number of thiazole rings is 1. The lowest BCUT2D eigenvalue weighted by atomic mass is 10.2. The van der Waals surface area contributed by atoms with E-state index in [0.29, 0.717) is 22.7 Å². The molecule has 0 saturated heterocycles. The third kappa shape index (κ3) is 4.05. The minimum Gasteiger partial charge on any atom is -0.346 e. The summed E-state index contributed by atoms with van der Waals surface area (Å²) in [6.07, 6.45) is 0. The Bertz CT molecular complexity index is 1070. The van der Waals surface area contributed by atoms with E-state index in [1.807, 2.05) is 35.7 Å². The van der Waals surface area contributed by atoms with Crippen LogP contribution in [0, 0.1) is 0 Å². The molecule has 0 fully saturated rings. The first-order valence-electron chi connectivity index (χ1n) is 8.26. The predicted molar refractivity (Wildman–Crippen MR) is 110 cm³/mol. The average Bonchev–Trinajstić information content (AvgIpc) is 3.35. The number of carbonyl (C=O) groups excluding carboxylic acids is 2. The first kappa shape index (κ1) is 17.4. The van der Waals surface area contributed by atoms with Crippen LogP contribution < -0.4 is 10.6 Å². The third-order valence-corrected chi connectivity index (χ3v) is 5.77. The Balaban J connectivity index is 1.41. The van der Waals surface area contributed by atoms with Crippen LogP contribution in [0.3, 0.4) is 0 Å². The van der Waals surface area contributed by atoms with Crippen LogP contribution in [0.1, 0.15) is 25.0 Å². The molecule has 0 aliphatic heterocycles. The van der Waals surface area contributed by atoms with Gasteiger partial charge in [-0.1, -0.05) is 24.3 Å². The van der Waals surface area contributed by atoms with Crippen LogP contribution in [0.5, 0.6) is 0 Å². The molecule has 0 aliphatic rings. The van der Waals surface area contributed by atoms with Crippen molar-refractivity contribution in [2.24, 2.45) is 0 Å². The summed E-state index contributed by atoms with van der Waals surface area (Å²) in [6.45, 7) is 0.365. The molecule has 2 aromatic carbocycles. The Hall–Kier alpha value is -3.03. The van der Waals surface area contributed by atoms with E-state index in [2.05, 4.69) is 15.6 Å². The van der Waals surface area contributed by atoms with Gasteiger partial charge in [-0.25, -0.2) is 4.98 Å². The van der Waals surface area contributed by atoms with Gasteiger partial charge < -0.3 is 10.6 Å². The SMILES string of the molecule is O=C(NCc1nc2ccccc2s1)c1cccc(NC(=O)c2cccs2)c1. The van der Waals surface area contributed by atoms with Gasteiger partial charge in [0.25, 0.3) is 11.8 Å². The topological polar surface area (TPSA) is 71.1 Å². The van der Waals surface area contributed by atoms with Gasteiger partial charge in [0.15, 0.2) is 0 Å². The molecule has 0 aliphatic carbocycles. The molecule has 2 amide bonds. The number of para-hydroxylation sites is 1. The Morgan fingerprint density at radius 2 is 1.85 bits per heavy atom. The molecule has 2 heterocycles. The van der Waals surface area contributed by atoms with Crippen LogP contribution in [-0.2, 0) is 6.54 Å². The lowest BCUT2D eigenvalue weighted by Crippen LogP contribution is -2.23. The average molecular weight is 393 g/mol. The maximum atomic E-state index is 12.5. The van der Waals surface area contributed by atoms with Gasteiger partial charge in [-0.15, -0.1) is 22.7 Å². The fraction of sp³-hybridized carbons (Fsp3) is 0.0500. The number of aromatic nitrogens is 1. The molecule has 2 aromatic heterocycles. The molecular formula is C20H15N3O2S2. The molecule has 4 aromatic rings. The van der Waals surface area contributed by atoms with Crippen molar-refractivity contribution in [2.45, 2.75) is 6.54 Å². The van der Waals surface area contributed by atoms with Crippen LogP contribution >= 0.6 is 22.7 Å². The summed E-state index contributed by atoms with van der Waals surface area (Å²) in [4.78, 5) is 29.7. The molecule has 0 saturated carbocycles. The second-order valence-electron chi connectivity index (χ2n) is 5.77. The summed E-state index contributed by atoms with van der Waals surface area (Å²) in [6, 6.07) is 18.4. The lowest BCUT2D eigenvalue weighted by Gasteiger charge is -2.07. The number of thiophene rings is 1. The lowest BCUT2D eigenvalue weighted by molar-refractivity contribution is 0.0949. The molecule has 0 bridgehead atoms. The Labute approximate surface area is 163 Å². The fourth-order valence-corrected chi connectivity index (χ4v) is 4.12. The minimum atomic E-state index is -0.207. The van der Waals surface area contributed by atoms with Gasteiger partial charge in [0.2, 0.25) is 0 Å². The number of hydrogen-bond donors (Lipinski definition) is 2. The standard InChI is InChI=1S/C20H15N3O2S2/c24-19(21-12-18-23-15-7-1-2-8-16(15)27-18)13-5-3-6-14(11-13)22-20(25)17-9-4-10-26-17/h1-11H,12H2,(H,21,24)(H,22,25). The van der Waals surface area contributed by atoms with Crippen molar-refractivity contribution in [3.63, 3.8) is 0 Å². The number of anilines is 1. The van der Waals surface area contributed by atoms with Gasteiger partial charge in [-0.3, -0.25) is 9.59 Å². The second kappa shape index (κ2) is 7.69. The quantitative estimate of drug-likeness (QED) is 0.523. The van der Waals surface area contributed by atoms with Crippen LogP contribution in [0.15, 0.2) is 66.0 Å². The second-order valence-corrected chi connectivity index (χ2v) is 7.83. The van der Waals surface area contributed by atoms with E-state index in [9.17, 15) is 9.59 Å². The highest BCUT2D eigenvalue weighted by atomic mass is 32.1. The summed E-state index contributed by atoms with van der Waals surface area (Å²) in [5.41, 5.74) is 2.01. The molecule has 0 radical (unpaired) electrons. The molecule has 134 valence electrons. The molecule has 0 atom stereocenters. The molecule has 0 spiro atoms. The monoisotopic (exact) mass is 393 g/mol. The number of fused-ring (bicyclic) bond motifs is 1. The van der Waals surface area contributed by atoms with E-state index in [4.69, 9.17) is 0 Å². The number of nitrogens with one attached hydrogen (secondary N) is 2. The Kier molecular flexibility index (Phi) is 4.95. The molecule has 0 unspecified atom stereocenters. The van der Waals surface area contributed by atoms with E-state index in [0.717, 1.165) is 15.2 Å². The fourth-order valence-electron chi connectivity index (χ4n) is 2.59. The number of benzene rings is 2. The van der Waals surface area contributed by atoms with Crippen LogP contribution in [0.4, 0.5) is 5.69 Å². The number of amides is 2. The summed E-state index contributed by atoms with van der Waals surface area (Å²) >= 11 is 2.93. The van der Waals surface area contributed by atoms with E-state index >= 15 is 0 Å². The van der Waals surface area contributed by atoms with Gasteiger partial charge in [-0.05, 0) is 41.8 Å². The van der Waals surface area contributed by atoms with E-state index in [1.165, 1.54) is 11.3 Å². The summed E-state index contributed by atoms with van der Waals surface area (Å²) in [7, 11) is 0. The first-order valence-corrected chi connectivity index (χ1v) is 9.96. The van der Waals surface area contributed by atoms with Crippen molar-refractivity contribution >= 4 is 50.4 Å². The molecular weight excluding hydrogens is 378 g/mol. The van der Waals surface area contributed by atoms with Gasteiger partial charge >= 0.3 is 0 Å². The zero-order valence-electron chi connectivity index (χ0n) is 14.1. The maximum Gasteiger partial charge on any atom is 0.265 e. The zero-order chi connectivity index (χ0) is 18.6. The highest BCUT2D eigenvalue weighted by molar-refractivity contribution is 7.18. The van der Waals surface area contributed by atoms with E-state index in [-0.39, 0.29) is 11.8 Å². The Morgan fingerprint density at radius 1 is 0.963 bits per heavy atom. The highest BCUT2D eigenvalue weighted by Crippen LogP contribution is 2.21. The van der Waals surface area contributed by atoms with Crippen molar-refractivity contribution in [1.29, 1.82) is 0 Å². The van der Waals surface area contributed by atoms with Gasteiger partial charge in [0, 0.05) is 11.3 Å². The van der Waals surface area contributed by atoms with Gasteiger partial charge in [0.1, 0.15) is 5.01 Å². The number of carbonyl (C=O) groups is 2. The van der Waals surface area contributed by atoms with Crippen LogP contribution in [0.2, 0.25) is 0 Å². The van der Waals surface area contributed by atoms with Crippen molar-refractivity contribution in [3.8, 4) is 0 Å². The summed E-state index contributed by atoms with van der Waals surface area (Å²) < 4.78 is 1.10. The number of hydrogen-bond acceptors (Lipinski definition) is 5. The minimum absolute atomic E-state index is 0.183. The van der Waals surface area contributed by atoms with Crippen molar-refractivity contribution < 1.29 is 9.59 Å². The van der Waals surface area contributed by atoms with Crippen molar-refractivity contribution in [1.82, 2.24) is 10.3 Å². The molecule has 27 heavy (non-hydrogen) atoms. The molecule has 2 N–H and O–H groups in total. The van der Waals surface area contributed by atoms with Crippen LogP contribution in [-0.4, -0.2) is 16.8 Å². The third-order valence-electron chi connectivity index (χ3n) is 3.87.